The van der Waals surface area contributed by atoms with Crippen molar-refractivity contribution in [1.82, 2.24) is 0 Å². The highest BCUT2D eigenvalue weighted by Gasteiger charge is 2.44. The average Bonchev–Trinajstić information content (AvgIpc) is 3.43. The first-order chi connectivity index (χ1) is 26.5. The molecule has 1 unspecified atom stereocenters. The van der Waals surface area contributed by atoms with Crippen LogP contribution in [0.3, 0.4) is 0 Å². The highest BCUT2D eigenvalue weighted by atomic mass is 16.5. The van der Waals surface area contributed by atoms with Crippen molar-refractivity contribution in [3.63, 3.8) is 0 Å². The SMILES string of the molecule is CCCCOc1ccc(C2(c3ccc(OC)cc3)C=Cc3c4c(c5cc(NC(=O)c6ccc(N(C)C)cc6)ccc5c3O2)-c2ccc(C)cc2C4(C)C)cc1. The predicted octanol–water partition coefficient (Wildman–Crippen LogP) is 11.3. The van der Waals surface area contributed by atoms with E-state index in [0.29, 0.717) is 12.2 Å². The highest BCUT2D eigenvalue weighted by molar-refractivity contribution is 6.11. The molecule has 0 saturated heterocycles. The van der Waals surface area contributed by atoms with Crippen molar-refractivity contribution in [2.75, 3.05) is 38.0 Å². The van der Waals surface area contributed by atoms with Crippen molar-refractivity contribution < 1.29 is 19.0 Å². The number of methoxy groups -OCH3 is 1. The summed E-state index contributed by atoms with van der Waals surface area (Å²) in [6, 6.07) is 37.0. The molecule has 0 bridgehead atoms. The van der Waals surface area contributed by atoms with Gasteiger partial charge in [-0.3, -0.25) is 4.79 Å². The molecule has 1 aliphatic carbocycles. The molecule has 55 heavy (non-hydrogen) atoms. The molecule has 0 radical (unpaired) electrons. The summed E-state index contributed by atoms with van der Waals surface area (Å²) in [4.78, 5) is 15.6. The van der Waals surface area contributed by atoms with E-state index in [1.165, 1.54) is 27.8 Å². The first-order valence-electron chi connectivity index (χ1n) is 19.1. The molecule has 6 nitrogen and oxygen atoms in total. The summed E-state index contributed by atoms with van der Waals surface area (Å²) in [5.41, 5.74) is 10.3. The van der Waals surface area contributed by atoms with Crippen LogP contribution in [0, 0.1) is 6.92 Å². The summed E-state index contributed by atoms with van der Waals surface area (Å²) in [5.74, 6) is 2.27. The Bertz CT molecular complexity index is 2440. The van der Waals surface area contributed by atoms with Crippen LogP contribution in [-0.4, -0.2) is 33.7 Å². The topological polar surface area (TPSA) is 60.0 Å². The van der Waals surface area contributed by atoms with Crippen molar-refractivity contribution in [3.8, 4) is 28.4 Å². The van der Waals surface area contributed by atoms with Crippen LogP contribution in [0.15, 0.2) is 115 Å². The van der Waals surface area contributed by atoms with Gasteiger partial charge in [-0.2, -0.15) is 0 Å². The molecule has 1 aliphatic heterocycles. The van der Waals surface area contributed by atoms with E-state index >= 15 is 0 Å². The van der Waals surface area contributed by atoms with Gasteiger partial charge in [-0.05, 0) is 114 Å². The van der Waals surface area contributed by atoms with E-state index in [-0.39, 0.29) is 11.3 Å². The van der Waals surface area contributed by atoms with Crippen LogP contribution >= 0.6 is 0 Å². The molecule has 1 amide bonds. The lowest BCUT2D eigenvalue weighted by Gasteiger charge is -2.38. The number of fused-ring (bicyclic) bond motifs is 8. The van der Waals surface area contributed by atoms with Crippen molar-refractivity contribution in [2.45, 2.75) is 51.6 Å². The third kappa shape index (κ3) is 6.20. The van der Waals surface area contributed by atoms with Crippen LogP contribution in [0.2, 0.25) is 0 Å². The minimum Gasteiger partial charge on any atom is -0.497 e. The number of anilines is 2. The molecule has 2 aliphatic rings. The van der Waals surface area contributed by atoms with E-state index in [2.05, 4.69) is 99.8 Å². The Morgan fingerprint density at radius 1 is 0.818 bits per heavy atom. The molecule has 6 aromatic carbocycles. The van der Waals surface area contributed by atoms with Gasteiger partial charge in [0.25, 0.3) is 5.91 Å². The van der Waals surface area contributed by atoms with Gasteiger partial charge in [-0.25, -0.2) is 0 Å². The number of ether oxygens (including phenoxy) is 3. The van der Waals surface area contributed by atoms with Gasteiger partial charge in [-0.15, -0.1) is 0 Å². The third-order valence-corrected chi connectivity index (χ3v) is 11.3. The van der Waals surface area contributed by atoms with Crippen molar-refractivity contribution in [1.29, 1.82) is 0 Å². The standard InChI is InChI=1S/C49H48N2O4/c1-8-9-28-54-38-22-15-34(16-23-38)49(33-13-20-37(53-7)21-14-33)27-26-41-45-44(40-24-10-31(2)29-43(40)48(45,3)4)42-30-35(17-25-39(42)46(41)55-49)50-47(52)32-11-18-36(19-12-32)51(5)6/h10-27,29-30H,8-9,28H2,1-7H3,(H,50,52). The number of amides is 1. The van der Waals surface area contributed by atoms with Crippen LogP contribution in [-0.2, 0) is 11.0 Å². The van der Waals surface area contributed by atoms with E-state index < -0.39 is 5.60 Å². The lowest BCUT2D eigenvalue weighted by molar-refractivity contribution is 0.102. The zero-order valence-electron chi connectivity index (χ0n) is 32.7. The van der Waals surface area contributed by atoms with E-state index in [4.69, 9.17) is 14.2 Å². The summed E-state index contributed by atoms with van der Waals surface area (Å²) in [5, 5.41) is 5.21. The minimum atomic E-state index is -0.944. The summed E-state index contributed by atoms with van der Waals surface area (Å²) in [6.45, 7) is 9.62. The zero-order chi connectivity index (χ0) is 38.5. The van der Waals surface area contributed by atoms with Crippen molar-refractivity contribution >= 4 is 34.1 Å². The number of nitrogens with zero attached hydrogens (tertiary/aromatic N) is 1. The Morgan fingerprint density at radius 3 is 2.16 bits per heavy atom. The number of carbonyl (C=O) groups is 1. The van der Waals surface area contributed by atoms with E-state index in [9.17, 15) is 4.79 Å². The Hall–Kier alpha value is -6.01. The molecular formula is C49H48N2O4. The fourth-order valence-electron chi connectivity index (χ4n) is 8.24. The van der Waals surface area contributed by atoms with Crippen LogP contribution in [0.25, 0.3) is 28.0 Å². The molecule has 1 atom stereocenters. The fraction of sp³-hybridized carbons (Fsp3) is 0.245. The number of rotatable bonds is 10. The number of nitrogens with one attached hydrogen (secondary N) is 1. The first-order valence-corrected chi connectivity index (χ1v) is 19.1. The molecule has 0 fully saturated rings. The molecule has 6 aromatic rings. The highest BCUT2D eigenvalue weighted by Crippen LogP contribution is 2.58. The molecule has 1 N–H and O–H groups in total. The van der Waals surface area contributed by atoms with Gasteiger partial charge in [-0.1, -0.05) is 81.3 Å². The fourth-order valence-corrected chi connectivity index (χ4v) is 8.24. The Kier molecular flexibility index (Phi) is 9.16. The van der Waals surface area contributed by atoms with Gasteiger partial charge >= 0.3 is 0 Å². The Morgan fingerprint density at radius 2 is 1.51 bits per heavy atom. The van der Waals surface area contributed by atoms with E-state index in [1.54, 1.807) is 7.11 Å². The maximum Gasteiger partial charge on any atom is 0.255 e. The van der Waals surface area contributed by atoms with Crippen molar-refractivity contribution in [2.24, 2.45) is 0 Å². The van der Waals surface area contributed by atoms with Crippen LogP contribution in [0.4, 0.5) is 11.4 Å². The average molecular weight is 729 g/mol. The number of hydrogen-bond acceptors (Lipinski definition) is 5. The second kappa shape index (κ2) is 14.0. The summed E-state index contributed by atoms with van der Waals surface area (Å²) in [6.07, 6.45) is 6.55. The smallest absolute Gasteiger partial charge is 0.255 e. The maximum absolute atomic E-state index is 13.6. The summed E-state index contributed by atoms with van der Waals surface area (Å²) in [7, 11) is 5.66. The second-order valence-electron chi connectivity index (χ2n) is 15.4. The number of aryl methyl sites for hydroxylation is 1. The minimum absolute atomic E-state index is 0.157. The van der Waals surface area contributed by atoms with Gasteiger partial charge in [0.2, 0.25) is 0 Å². The third-order valence-electron chi connectivity index (χ3n) is 11.3. The second-order valence-corrected chi connectivity index (χ2v) is 15.4. The predicted molar refractivity (Wildman–Crippen MR) is 225 cm³/mol. The van der Waals surface area contributed by atoms with Crippen molar-refractivity contribution in [3.05, 3.63) is 154 Å². The van der Waals surface area contributed by atoms with Crippen LogP contribution in [0.1, 0.15) is 77.4 Å². The van der Waals surface area contributed by atoms with Gasteiger partial charge in [0.1, 0.15) is 17.2 Å². The quantitative estimate of drug-likeness (QED) is 0.142. The van der Waals surface area contributed by atoms with Gasteiger partial charge in [0.15, 0.2) is 5.60 Å². The maximum atomic E-state index is 13.6. The van der Waals surface area contributed by atoms with Gasteiger partial charge in [0, 0.05) is 58.5 Å². The molecule has 8 rings (SSSR count). The van der Waals surface area contributed by atoms with Gasteiger partial charge in [0.05, 0.1) is 13.7 Å². The summed E-state index contributed by atoms with van der Waals surface area (Å²) >= 11 is 0. The Labute approximate surface area is 324 Å². The van der Waals surface area contributed by atoms with E-state index in [1.807, 2.05) is 73.6 Å². The molecule has 0 aromatic heterocycles. The Balaban J connectivity index is 1.30. The van der Waals surface area contributed by atoms with Crippen LogP contribution in [0.5, 0.6) is 17.2 Å². The number of carbonyl (C=O) groups excluding carboxylic acids is 1. The molecule has 6 heteroatoms. The van der Waals surface area contributed by atoms with Gasteiger partial charge < -0.3 is 24.4 Å². The normalized spacial score (nSPS) is 16.1. The molecule has 278 valence electrons. The van der Waals surface area contributed by atoms with E-state index in [0.717, 1.165) is 68.9 Å². The van der Waals surface area contributed by atoms with Crippen LogP contribution < -0.4 is 24.4 Å². The lowest BCUT2D eigenvalue weighted by atomic mass is 9.76. The lowest BCUT2D eigenvalue weighted by Crippen LogP contribution is -2.35. The number of hydrogen-bond donors (Lipinski definition) is 1. The first kappa shape index (κ1) is 36.0. The monoisotopic (exact) mass is 728 g/mol. The number of unbranched alkanes of at least 4 members (excludes halogenated alkanes) is 1. The summed E-state index contributed by atoms with van der Waals surface area (Å²) < 4.78 is 19.1. The zero-order valence-corrected chi connectivity index (χ0v) is 32.7. The molecule has 0 saturated carbocycles. The largest absolute Gasteiger partial charge is 0.497 e. The molecule has 1 heterocycles. The number of benzene rings is 6. The molecule has 0 spiro atoms. The molecular weight excluding hydrogens is 681 g/mol.